The van der Waals surface area contributed by atoms with Gasteiger partial charge < -0.3 is 14.2 Å². The Labute approximate surface area is 203 Å². The number of nitrogens with zero attached hydrogens (tertiary/aromatic N) is 1. The van der Waals surface area contributed by atoms with Gasteiger partial charge in [-0.25, -0.2) is 9.59 Å². The molecule has 180 valence electrons. The van der Waals surface area contributed by atoms with E-state index >= 15 is 0 Å². The quantitative estimate of drug-likeness (QED) is 0.247. The van der Waals surface area contributed by atoms with Crippen LogP contribution in [0.1, 0.15) is 63.7 Å². The fourth-order valence-electron chi connectivity index (χ4n) is 3.07. The molecule has 0 saturated carbocycles. The Morgan fingerprint density at radius 2 is 1.68 bits per heavy atom. The van der Waals surface area contributed by atoms with Gasteiger partial charge in [-0.2, -0.15) is 5.26 Å². The highest BCUT2D eigenvalue weighted by Crippen LogP contribution is 2.31. The van der Waals surface area contributed by atoms with Crippen molar-refractivity contribution in [3.05, 3.63) is 56.3 Å². The summed E-state index contributed by atoms with van der Waals surface area (Å²) >= 11 is 1.01. The summed E-state index contributed by atoms with van der Waals surface area (Å²) in [5.41, 5.74) is 1.19. The average molecular weight is 484 g/mol. The summed E-state index contributed by atoms with van der Waals surface area (Å²) in [6.45, 7) is 10.0. The van der Waals surface area contributed by atoms with Gasteiger partial charge in [-0.1, -0.05) is 26.0 Å². The van der Waals surface area contributed by atoms with Crippen LogP contribution in [-0.2, 0) is 20.7 Å². The van der Waals surface area contributed by atoms with E-state index in [0.717, 1.165) is 11.3 Å². The van der Waals surface area contributed by atoms with Crippen LogP contribution in [0.5, 0.6) is 5.75 Å². The summed E-state index contributed by atoms with van der Waals surface area (Å²) in [5.74, 6) is -0.550. The predicted octanol–water partition coefficient (Wildman–Crippen LogP) is 5.16. The van der Waals surface area contributed by atoms with Crippen LogP contribution in [-0.4, -0.2) is 37.5 Å². The molecule has 34 heavy (non-hydrogen) atoms. The van der Waals surface area contributed by atoms with Gasteiger partial charge in [0, 0.05) is 11.3 Å². The Morgan fingerprint density at radius 1 is 1.06 bits per heavy atom. The molecule has 0 amide bonds. The lowest BCUT2D eigenvalue weighted by Crippen LogP contribution is -2.12. The van der Waals surface area contributed by atoms with E-state index in [4.69, 9.17) is 14.2 Å². The third kappa shape index (κ3) is 7.03. The number of rotatable bonds is 11. The fraction of sp³-hybridized carbons (Fsp3) is 0.385. The van der Waals surface area contributed by atoms with Gasteiger partial charge >= 0.3 is 11.9 Å². The van der Waals surface area contributed by atoms with Crippen molar-refractivity contribution in [3.63, 3.8) is 0 Å². The number of Topliss-reactive ketones (excluding diaryl/α,β-unsaturated/α-hetero) is 1. The zero-order chi connectivity index (χ0) is 25.3. The van der Waals surface area contributed by atoms with Gasteiger partial charge in [-0.3, -0.25) is 4.79 Å². The van der Waals surface area contributed by atoms with Crippen molar-refractivity contribution in [2.45, 2.75) is 41.0 Å². The van der Waals surface area contributed by atoms with E-state index < -0.39 is 17.7 Å². The molecule has 1 aromatic heterocycles. The monoisotopic (exact) mass is 483 g/mol. The Hall–Kier alpha value is -3.44. The van der Waals surface area contributed by atoms with E-state index in [-0.39, 0.29) is 35.6 Å². The molecule has 2 aromatic rings. The zero-order valence-electron chi connectivity index (χ0n) is 20.1. The van der Waals surface area contributed by atoms with Gasteiger partial charge in [-0.15, -0.1) is 11.3 Å². The van der Waals surface area contributed by atoms with Crippen molar-refractivity contribution in [1.82, 2.24) is 0 Å². The van der Waals surface area contributed by atoms with Gasteiger partial charge in [0.2, 0.25) is 0 Å². The summed E-state index contributed by atoms with van der Waals surface area (Å²) in [4.78, 5) is 38.4. The van der Waals surface area contributed by atoms with Gasteiger partial charge in [0.15, 0.2) is 5.78 Å². The topological polar surface area (TPSA) is 103 Å². The molecular weight excluding hydrogens is 454 g/mol. The average Bonchev–Trinajstić information content (AvgIpc) is 3.12. The number of esters is 2. The molecule has 8 heteroatoms. The summed E-state index contributed by atoms with van der Waals surface area (Å²) in [6.07, 6.45) is 1.28. The lowest BCUT2D eigenvalue weighted by molar-refractivity contribution is -0.114. The first-order valence-corrected chi connectivity index (χ1v) is 11.9. The second kappa shape index (κ2) is 12.7. The molecule has 0 aliphatic carbocycles. The van der Waals surface area contributed by atoms with E-state index in [2.05, 4.69) is 13.8 Å². The van der Waals surface area contributed by atoms with Crippen LogP contribution >= 0.6 is 11.3 Å². The van der Waals surface area contributed by atoms with E-state index in [0.29, 0.717) is 34.3 Å². The second-order valence-electron chi connectivity index (χ2n) is 7.84. The smallest absolute Gasteiger partial charge is 0.348 e. The minimum Gasteiger partial charge on any atom is -0.493 e. The molecule has 0 fully saturated rings. The third-order valence-electron chi connectivity index (χ3n) is 4.68. The standard InChI is InChI=1S/C26H29NO6S/c1-6-31-25(29)23-17(5)24(26(30)32-7-2)34-22(23)13-21(28)19(14-27)12-18-8-10-20(11-9-18)33-15-16(3)4/h8-12,16H,6-7,13,15H2,1-5H3/b19-12-. The number of carbonyl (C=O) groups is 3. The molecule has 0 saturated heterocycles. The van der Waals surface area contributed by atoms with Gasteiger partial charge in [0.05, 0.1) is 31.0 Å². The number of thiophene rings is 1. The molecule has 0 bridgehead atoms. The van der Waals surface area contributed by atoms with Crippen LogP contribution < -0.4 is 4.74 Å². The molecule has 0 radical (unpaired) electrons. The molecule has 0 aliphatic rings. The first-order chi connectivity index (χ1) is 16.2. The van der Waals surface area contributed by atoms with Gasteiger partial charge in [0.1, 0.15) is 16.7 Å². The molecule has 1 aromatic carbocycles. The molecule has 1 heterocycles. The van der Waals surface area contributed by atoms with Crippen LogP contribution in [0, 0.1) is 24.2 Å². The van der Waals surface area contributed by atoms with Crippen molar-refractivity contribution in [3.8, 4) is 11.8 Å². The fourth-order valence-corrected chi connectivity index (χ4v) is 4.25. The van der Waals surface area contributed by atoms with Crippen molar-refractivity contribution in [2.24, 2.45) is 5.92 Å². The first-order valence-electron chi connectivity index (χ1n) is 11.1. The van der Waals surface area contributed by atoms with E-state index in [1.165, 1.54) is 6.08 Å². The van der Waals surface area contributed by atoms with Crippen molar-refractivity contribution in [1.29, 1.82) is 5.26 Å². The molecule has 7 nitrogen and oxygen atoms in total. The number of ether oxygens (including phenoxy) is 3. The molecule has 0 N–H and O–H groups in total. The number of hydrogen-bond donors (Lipinski definition) is 0. The van der Waals surface area contributed by atoms with E-state index in [1.807, 2.05) is 6.07 Å². The Morgan fingerprint density at radius 3 is 2.24 bits per heavy atom. The maximum atomic E-state index is 13.0. The predicted molar refractivity (Wildman–Crippen MR) is 130 cm³/mol. The highest BCUT2D eigenvalue weighted by molar-refractivity contribution is 7.14. The largest absolute Gasteiger partial charge is 0.493 e. The number of nitriles is 1. The summed E-state index contributed by atoms with van der Waals surface area (Å²) < 4.78 is 15.8. The highest BCUT2D eigenvalue weighted by Gasteiger charge is 2.28. The Kier molecular flexibility index (Phi) is 10.0. The lowest BCUT2D eigenvalue weighted by Gasteiger charge is -2.08. The molecule has 0 unspecified atom stereocenters. The first kappa shape index (κ1) is 26.8. The minimum atomic E-state index is -0.617. The number of allylic oxidation sites excluding steroid dienone is 1. The number of carbonyl (C=O) groups excluding carboxylic acids is 3. The van der Waals surface area contributed by atoms with Crippen LogP contribution in [0.3, 0.4) is 0 Å². The molecular formula is C26H29NO6S. The SMILES string of the molecule is CCOC(=O)c1sc(CC(=O)/C(C#N)=C\c2ccc(OCC(C)C)cc2)c(C(=O)OCC)c1C. The molecule has 0 aliphatic heterocycles. The number of ketones is 1. The molecule has 0 atom stereocenters. The third-order valence-corrected chi connectivity index (χ3v) is 5.95. The summed E-state index contributed by atoms with van der Waals surface area (Å²) in [7, 11) is 0. The van der Waals surface area contributed by atoms with Crippen molar-refractivity contribution in [2.75, 3.05) is 19.8 Å². The Balaban J connectivity index is 2.31. The second-order valence-corrected chi connectivity index (χ2v) is 8.94. The molecule has 0 spiro atoms. The number of hydrogen-bond acceptors (Lipinski definition) is 8. The highest BCUT2D eigenvalue weighted by atomic mass is 32.1. The minimum absolute atomic E-state index is 0.0607. The van der Waals surface area contributed by atoms with Crippen molar-refractivity contribution < 1.29 is 28.6 Å². The van der Waals surface area contributed by atoms with Gasteiger partial charge in [-0.05, 0) is 56.0 Å². The normalized spacial score (nSPS) is 11.1. The summed E-state index contributed by atoms with van der Waals surface area (Å²) in [6, 6.07) is 9.02. The van der Waals surface area contributed by atoms with Crippen LogP contribution in [0.25, 0.3) is 6.08 Å². The van der Waals surface area contributed by atoms with Crippen LogP contribution in [0.15, 0.2) is 29.8 Å². The maximum absolute atomic E-state index is 13.0. The zero-order valence-corrected chi connectivity index (χ0v) is 20.9. The van der Waals surface area contributed by atoms with Crippen LogP contribution in [0.2, 0.25) is 0 Å². The van der Waals surface area contributed by atoms with Crippen LogP contribution in [0.4, 0.5) is 0 Å². The van der Waals surface area contributed by atoms with Gasteiger partial charge in [0.25, 0.3) is 0 Å². The van der Waals surface area contributed by atoms with E-state index in [1.54, 1.807) is 45.0 Å². The molecule has 2 rings (SSSR count). The van der Waals surface area contributed by atoms with E-state index in [9.17, 15) is 19.6 Å². The lowest BCUT2D eigenvalue weighted by atomic mass is 10.0. The summed E-state index contributed by atoms with van der Waals surface area (Å²) in [5, 5.41) is 9.59. The Bertz CT molecular complexity index is 1110. The maximum Gasteiger partial charge on any atom is 0.348 e. The van der Waals surface area contributed by atoms with Crippen molar-refractivity contribution >= 4 is 35.1 Å². The number of benzene rings is 1.